The summed E-state index contributed by atoms with van der Waals surface area (Å²) in [6, 6.07) is 4.83. The predicted octanol–water partition coefficient (Wildman–Crippen LogP) is 11.1. The van der Waals surface area contributed by atoms with Crippen molar-refractivity contribution in [2.24, 2.45) is 5.41 Å². The second-order valence-electron chi connectivity index (χ2n) is 11.8. The summed E-state index contributed by atoms with van der Waals surface area (Å²) in [4.78, 5) is 0. The van der Waals surface area contributed by atoms with Gasteiger partial charge in [-0.15, -0.1) is 0 Å². The highest BCUT2D eigenvalue weighted by Crippen LogP contribution is 2.54. The lowest BCUT2D eigenvalue weighted by atomic mass is 9.67. The van der Waals surface area contributed by atoms with Crippen LogP contribution in [0, 0.1) is 12.3 Å². The molecule has 35 heavy (non-hydrogen) atoms. The molecule has 0 saturated carbocycles. The Morgan fingerprint density at radius 3 is 2.06 bits per heavy atom. The first-order chi connectivity index (χ1) is 17.1. The van der Waals surface area contributed by atoms with Crippen molar-refractivity contribution in [2.75, 3.05) is 0 Å². The molecule has 3 aliphatic carbocycles. The van der Waals surface area contributed by atoms with Crippen LogP contribution in [0.15, 0.2) is 47.6 Å². The number of benzene rings is 1. The molecule has 0 spiro atoms. The molecule has 0 fully saturated rings. The van der Waals surface area contributed by atoms with Crippen LogP contribution in [0.25, 0.3) is 11.1 Å². The van der Waals surface area contributed by atoms with E-state index in [0.717, 1.165) is 6.42 Å². The van der Waals surface area contributed by atoms with Crippen LogP contribution in [0.4, 0.5) is 0 Å². The van der Waals surface area contributed by atoms with Crippen molar-refractivity contribution in [1.82, 2.24) is 0 Å². The molecule has 0 atom stereocenters. The summed E-state index contributed by atoms with van der Waals surface area (Å²) in [7, 11) is 0. The van der Waals surface area contributed by atoms with Crippen LogP contribution in [0.2, 0.25) is 0 Å². The number of rotatable bonds is 14. The summed E-state index contributed by atoms with van der Waals surface area (Å²) >= 11 is 0. The van der Waals surface area contributed by atoms with E-state index in [-0.39, 0.29) is 0 Å². The molecule has 0 N–H and O–H groups in total. The van der Waals surface area contributed by atoms with E-state index in [1.165, 1.54) is 119 Å². The zero-order valence-electron chi connectivity index (χ0n) is 23.3. The molecule has 0 aliphatic heterocycles. The van der Waals surface area contributed by atoms with Crippen LogP contribution in [0.1, 0.15) is 139 Å². The predicted molar refractivity (Wildman–Crippen MR) is 156 cm³/mol. The molecular weight excluding hydrogens is 420 g/mol. The van der Waals surface area contributed by atoms with E-state index in [4.69, 9.17) is 0 Å². The van der Waals surface area contributed by atoms with Gasteiger partial charge in [0.05, 0.1) is 0 Å². The van der Waals surface area contributed by atoms with Gasteiger partial charge in [0, 0.05) is 0 Å². The Kier molecular flexibility index (Phi) is 9.32. The fourth-order valence-corrected chi connectivity index (χ4v) is 6.82. The van der Waals surface area contributed by atoms with Gasteiger partial charge < -0.3 is 0 Å². The molecule has 0 radical (unpaired) electrons. The van der Waals surface area contributed by atoms with E-state index in [1.807, 2.05) is 0 Å². The third kappa shape index (κ3) is 6.12. The van der Waals surface area contributed by atoms with Gasteiger partial charge in [0.15, 0.2) is 0 Å². The minimum Gasteiger partial charge on any atom is -0.0798 e. The number of unbranched alkanes of at least 4 members (excludes halogenated alkanes) is 10. The molecule has 0 heterocycles. The second-order valence-corrected chi connectivity index (χ2v) is 11.8. The van der Waals surface area contributed by atoms with Gasteiger partial charge in [-0.1, -0.05) is 133 Å². The molecule has 1 aromatic rings. The van der Waals surface area contributed by atoms with E-state index in [1.54, 1.807) is 22.3 Å². The SMILES string of the molecule is CCCCCCCCC1(CCCCCCCC)C=C2C3=C(CC=CC(C)=C3)c3ccc(C)c(c32)C1. The standard InChI is InChI=1S/C35H50/c1-5-7-9-11-13-15-22-35(23-16-14-12-10-8-6-2)25-32-28(4)20-21-30-29-19-17-18-27(3)24-31(29)33(26-35)34(30)32/h17-18,20-21,24,26H,5-16,19,22-23,25H2,1-4H3. The van der Waals surface area contributed by atoms with Crippen molar-refractivity contribution in [3.05, 3.63) is 69.8 Å². The highest BCUT2D eigenvalue weighted by Gasteiger charge is 2.38. The fourth-order valence-electron chi connectivity index (χ4n) is 6.82. The molecule has 0 amide bonds. The van der Waals surface area contributed by atoms with Gasteiger partial charge in [-0.05, 0) is 83.9 Å². The summed E-state index contributed by atoms with van der Waals surface area (Å²) in [6.07, 6.45) is 31.8. The largest absolute Gasteiger partial charge is 0.0798 e. The number of hydrogen-bond acceptors (Lipinski definition) is 0. The van der Waals surface area contributed by atoms with Crippen LogP contribution in [-0.2, 0) is 6.42 Å². The maximum atomic E-state index is 2.80. The summed E-state index contributed by atoms with van der Waals surface area (Å²) < 4.78 is 0. The van der Waals surface area contributed by atoms with Gasteiger partial charge in [0.25, 0.3) is 0 Å². The van der Waals surface area contributed by atoms with Crippen molar-refractivity contribution in [2.45, 2.75) is 130 Å². The van der Waals surface area contributed by atoms with E-state index >= 15 is 0 Å². The first-order valence-corrected chi connectivity index (χ1v) is 15.0. The smallest absolute Gasteiger partial charge is 0.00681 e. The zero-order valence-corrected chi connectivity index (χ0v) is 23.3. The molecule has 3 aliphatic rings. The summed E-state index contributed by atoms with van der Waals surface area (Å²) in [5, 5.41) is 0. The third-order valence-corrected chi connectivity index (χ3v) is 8.87. The van der Waals surface area contributed by atoms with E-state index in [9.17, 15) is 0 Å². The lowest BCUT2D eigenvalue weighted by Crippen LogP contribution is -2.26. The summed E-state index contributed by atoms with van der Waals surface area (Å²) in [5.74, 6) is 0. The third-order valence-electron chi connectivity index (χ3n) is 8.87. The van der Waals surface area contributed by atoms with Gasteiger partial charge in [0.2, 0.25) is 0 Å². The highest BCUT2D eigenvalue weighted by molar-refractivity contribution is 6.04. The summed E-state index contributed by atoms with van der Waals surface area (Å²) in [5.41, 5.74) is 12.7. The first kappa shape index (κ1) is 26.2. The molecule has 0 saturated heterocycles. The lowest BCUT2D eigenvalue weighted by molar-refractivity contribution is 0.290. The van der Waals surface area contributed by atoms with Crippen LogP contribution in [0.3, 0.4) is 0 Å². The Hall–Kier alpha value is -1.82. The Morgan fingerprint density at radius 2 is 1.40 bits per heavy atom. The maximum absolute atomic E-state index is 2.80. The maximum Gasteiger partial charge on any atom is -0.00681 e. The fraction of sp³-hybridized carbons (Fsp3) is 0.600. The second kappa shape index (κ2) is 12.4. The van der Waals surface area contributed by atoms with Crippen molar-refractivity contribution in [3.63, 3.8) is 0 Å². The molecule has 0 nitrogen and oxygen atoms in total. The Labute approximate surface area is 216 Å². The van der Waals surface area contributed by atoms with Crippen molar-refractivity contribution >= 4 is 11.1 Å². The molecule has 0 heteroatoms. The van der Waals surface area contributed by atoms with Crippen LogP contribution in [-0.4, -0.2) is 0 Å². The molecule has 4 rings (SSSR count). The average molecular weight is 471 g/mol. The van der Waals surface area contributed by atoms with Crippen LogP contribution < -0.4 is 0 Å². The van der Waals surface area contributed by atoms with E-state index < -0.39 is 0 Å². The highest BCUT2D eigenvalue weighted by atomic mass is 14.4. The molecule has 1 aromatic carbocycles. The number of hydrogen-bond donors (Lipinski definition) is 0. The molecule has 0 aromatic heterocycles. The molecule has 190 valence electrons. The van der Waals surface area contributed by atoms with Crippen molar-refractivity contribution in [1.29, 1.82) is 0 Å². The quantitative estimate of drug-likeness (QED) is 0.237. The van der Waals surface area contributed by atoms with Gasteiger partial charge in [-0.3, -0.25) is 0 Å². The topological polar surface area (TPSA) is 0 Å². The average Bonchev–Trinajstić information content (AvgIpc) is 2.99. The monoisotopic (exact) mass is 470 g/mol. The van der Waals surface area contributed by atoms with E-state index in [2.05, 4.69) is 64.1 Å². The minimum atomic E-state index is 0.338. The molecular formula is C35H50. The van der Waals surface area contributed by atoms with Gasteiger partial charge in [-0.25, -0.2) is 0 Å². The Balaban J connectivity index is 1.62. The number of aryl methyl sites for hydroxylation is 1. The number of fused-ring (bicyclic) bond motifs is 2. The summed E-state index contributed by atoms with van der Waals surface area (Å²) in [6.45, 7) is 9.27. The normalized spacial score (nSPS) is 17.7. The van der Waals surface area contributed by atoms with Crippen LogP contribution >= 0.6 is 0 Å². The Morgan fingerprint density at radius 1 is 0.771 bits per heavy atom. The van der Waals surface area contributed by atoms with Gasteiger partial charge in [-0.2, -0.15) is 0 Å². The van der Waals surface area contributed by atoms with Gasteiger partial charge >= 0.3 is 0 Å². The zero-order chi connectivity index (χ0) is 24.7. The van der Waals surface area contributed by atoms with E-state index in [0.29, 0.717) is 5.41 Å². The first-order valence-electron chi connectivity index (χ1n) is 15.0. The van der Waals surface area contributed by atoms with Crippen LogP contribution in [0.5, 0.6) is 0 Å². The Bertz CT molecular complexity index is 977. The van der Waals surface area contributed by atoms with Crippen molar-refractivity contribution in [3.8, 4) is 0 Å². The van der Waals surface area contributed by atoms with Gasteiger partial charge in [0.1, 0.15) is 0 Å². The molecule has 0 bridgehead atoms. The number of allylic oxidation sites excluding steroid dienone is 8. The minimum absolute atomic E-state index is 0.338. The molecule has 0 unspecified atom stereocenters. The van der Waals surface area contributed by atoms with Crippen molar-refractivity contribution < 1.29 is 0 Å². The lowest BCUT2D eigenvalue weighted by Gasteiger charge is -2.37.